The summed E-state index contributed by atoms with van der Waals surface area (Å²) < 4.78 is 28.7. The summed E-state index contributed by atoms with van der Waals surface area (Å²) in [6.07, 6.45) is 3.88. The van der Waals surface area contributed by atoms with Crippen molar-refractivity contribution in [2.45, 2.75) is 63.1 Å². The Hall–Kier alpha value is -3.07. The molecule has 40 heavy (non-hydrogen) atoms. The second-order valence-electron chi connectivity index (χ2n) is 10.1. The van der Waals surface area contributed by atoms with Gasteiger partial charge in [-0.3, -0.25) is 13.9 Å². The molecule has 0 bridgehead atoms. The molecule has 1 aliphatic rings. The first-order valence-corrected chi connectivity index (χ1v) is 15.4. The van der Waals surface area contributed by atoms with E-state index in [0.717, 1.165) is 35.6 Å². The van der Waals surface area contributed by atoms with Crippen LogP contribution in [0.1, 0.15) is 43.7 Å². The zero-order valence-electron chi connectivity index (χ0n) is 22.5. The molecule has 3 aromatic carbocycles. The second kappa shape index (κ2) is 13.1. The molecule has 1 atom stereocenters. The molecule has 7 nitrogen and oxygen atoms in total. The van der Waals surface area contributed by atoms with Crippen molar-refractivity contribution in [1.82, 2.24) is 10.2 Å². The van der Waals surface area contributed by atoms with Gasteiger partial charge >= 0.3 is 0 Å². The van der Waals surface area contributed by atoms with Crippen molar-refractivity contribution in [3.8, 4) is 0 Å². The van der Waals surface area contributed by atoms with E-state index in [1.807, 2.05) is 6.92 Å². The van der Waals surface area contributed by atoms with Gasteiger partial charge in [-0.25, -0.2) is 8.42 Å². The van der Waals surface area contributed by atoms with Gasteiger partial charge in [-0.2, -0.15) is 0 Å². The molecule has 0 aromatic heterocycles. The molecule has 0 radical (unpaired) electrons. The molecule has 0 unspecified atom stereocenters. The first kappa shape index (κ1) is 29.9. The highest BCUT2D eigenvalue weighted by Crippen LogP contribution is 2.27. The molecule has 4 rings (SSSR count). The summed E-state index contributed by atoms with van der Waals surface area (Å²) in [5.41, 5.74) is 1.84. The maximum absolute atomic E-state index is 14.0. The van der Waals surface area contributed by atoms with Gasteiger partial charge in [0.2, 0.25) is 11.8 Å². The number of anilines is 1. The number of nitrogens with one attached hydrogen (secondary N) is 1. The molecule has 2 amide bonds. The highest BCUT2D eigenvalue weighted by atomic mass is 35.5. The first-order valence-electron chi connectivity index (χ1n) is 13.2. The lowest BCUT2D eigenvalue weighted by Crippen LogP contribution is -2.52. The van der Waals surface area contributed by atoms with Gasteiger partial charge in [-0.15, -0.1) is 0 Å². The van der Waals surface area contributed by atoms with Crippen LogP contribution in [0.5, 0.6) is 0 Å². The van der Waals surface area contributed by atoms with Crippen molar-refractivity contribution in [2.24, 2.45) is 0 Å². The van der Waals surface area contributed by atoms with E-state index < -0.39 is 28.5 Å². The van der Waals surface area contributed by atoms with E-state index in [1.54, 1.807) is 67.6 Å². The van der Waals surface area contributed by atoms with Crippen molar-refractivity contribution >= 4 is 50.7 Å². The predicted molar refractivity (Wildman–Crippen MR) is 159 cm³/mol. The van der Waals surface area contributed by atoms with Gasteiger partial charge in [0.1, 0.15) is 12.6 Å². The van der Waals surface area contributed by atoms with Crippen LogP contribution >= 0.6 is 23.2 Å². The van der Waals surface area contributed by atoms with Crippen molar-refractivity contribution in [1.29, 1.82) is 0 Å². The van der Waals surface area contributed by atoms with Gasteiger partial charge < -0.3 is 10.2 Å². The SMILES string of the molecule is Cc1ccc(S(=O)(=O)N(CC(=O)N(Cc2ccc(Cl)cc2Cl)[C@H](C)C(=O)NC2CCCC2)c2ccccc2)cc1. The van der Waals surface area contributed by atoms with Crippen LogP contribution < -0.4 is 9.62 Å². The third kappa shape index (κ3) is 7.16. The van der Waals surface area contributed by atoms with E-state index in [2.05, 4.69) is 5.32 Å². The highest BCUT2D eigenvalue weighted by Gasteiger charge is 2.33. The number of carbonyl (C=O) groups is 2. The summed E-state index contributed by atoms with van der Waals surface area (Å²) in [4.78, 5) is 28.7. The maximum Gasteiger partial charge on any atom is 0.264 e. The smallest absolute Gasteiger partial charge is 0.264 e. The summed E-state index contributed by atoms with van der Waals surface area (Å²) in [5, 5.41) is 3.84. The molecule has 0 aliphatic heterocycles. The Bertz CT molecular complexity index is 1440. The van der Waals surface area contributed by atoms with Crippen LogP contribution in [-0.4, -0.2) is 43.8 Å². The Morgan fingerprint density at radius 1 is 0.975 bits per heavy atom. The van der Waals surface area contributed by atoms with Crippen LogP contribution in [0.25, 0.3) is 0 Å². The number of hydrogen-bond acceptors (Lipinski definition) is 4. The number of aryl methyl sites for hydroxylation is 1. The zero-order valence-corrected chi connectivity index (χ0v) is 24.8. The lowest BCUT2D eigenvalue weighted by Gasteiger charge is -2.32. The van der Waals surface area contributed by atoms with Crippen molar-refractivity contribution in [3.63, 3.8) is 0 Å². The molecule has 1 N–H and O–H groups in total. The van der Waals surface area contributed by atoms with Gasteiger partial charge in [0.05, 0.1) is 10.6 Å². The second-order valence-corrected chi connectivity index (χ2v) is 12.8. The molecule has 1 aliphatic carbocycles. The van der Waals surface area contributed by atoms with E-state index in [-0.39, 0.29) is 23.4 Å². The van der Waals surface area contributed by atoms with Crippen LogP contribution in [0.3, 0.4) is 0 Å². The number of carbonyl (C=O) groups excluding carboxylic acids is 2. The molecular formula is C30H33Cl2N3O4S. The van der Waals surface area contributed by atoms with Crippen LogP contribution in [-0.2, 0) is 26.2 Å². The molecule has 0 heterocycles. The van der Waals surface area contributed by atoms with Gasteiger partial charge in [-0.1, -0.05) is 78.0 Å². The Kier molecular flexibility index (Phi) is 9.77. The monoisotopic (exact) mass is 601 g/mol. The van der Waals surface area contributed by atoms with Crippen LogP contribution in [0.2, 0.25) is 10.0 Å². The Morgan fingerprint density at radius 3 is 2.25 bits per heavy atom. The zero-order chi connectivity index (χ0) is 28.9. The van der Waals surface area contributed by atoms with Crippen LogP contribution in [0, 0.1) is 6.92 Å². The van der Waals surface area contributed by atoms with Gasteiger partial charge in [0.25, 0.3) is 10.0 Å². The first-order chi connectivity index (χ1) is 19.1. The summed E-state index contributed by atoms with van der Waals surface area (Å²) >= 11 is 12.5. The van der Waals surface area contributed by atoms with Gasteiger partial charge in [0.15, 0.2) is 0 Å². The number of rotatable bonds is 10. The number of sulfonamides is 1. The molecular weight excluding hydrogens is 569 g/mol. The maximum atomic E-state index is 14.0. The van der Waals surface area contributed by atoms with E-state index in [4.69, 9.17) is 23.2 Å². The number of nitrogens with zero attached hydrogens (tertiary/aromatic N) is 2. The molecule has 0 saturated heterocycles. The summed E-state index contributed by atoms with van der Waals surface area (Å²) in [6.45, 7) is 3.01. The lowest BCUT2D eigenvalue weighted by molar-refractivity contribution is -0.139. The standard InChI is InChI=1S/C30H33Cl2N3O4S/c1-21-12-16-27(17-13-21)40(38,39)35(26-10-4-3-5-11-26)20-29(36)34(19-23-14-15-24(31)18-28(23)32)22(2)30(37)33-25-8-6-7-9-25/h3-5,10-18,22,25H,6-9,19-20H2,1-2H3,(H,33,37)/t22-/m1/s1. The van der Waals surface area contributed by atoms with Crippen molar-refractivity contribution in [2.75, 3.05) is 10.8 Å². The molecule has 212 valence electrons. The fraction of sp³-hybridized carbons (Fsp3) is 0.333. The minimum atomic E-state index is -4.11. The number of halogens is 2. The molecule has 0 spiro atoms. The average molecular weight is 603 g/mol. The minimum Gasteiger partial charge on any atom is -0.352 e. The number of amides is 2. The van der Waals surface area contributed by atoms with Crippen LogP contribution in [0.4, 0.5) is 5.69 Å². The Balaban J connectivity index is 1.68. The van der Waals surface area contributed by atoms with E-state index >= 15 is 0 Å². The molecule has 10 heteroatoms. The molecule has 3 aromatic rings. The normalized spacial score (nSPS) is 14.5. The fourth-order valence-corrected chi connectivity index (χ4v) is 6.65. The average Bonchev–Trinajstić information content (AvgIpc) is 3.44. The van der Waals surface area contributed by atoms with Crippen molar-refractivity contribution < 1.29 is 18.0 Å². The molecule has 1 fully saturated rings. The minimum absolute atomic E-state index is 0.00129. The Labute approximate surface area is 246 Å². The largest absolute Gasteiger partial charge is 0.352 e. The predicted octanol–water partition coefficient (Wildman–Crippen LogP) is 5.97. The lowest BCUT2D eigenvalue weighted by atomic mass is 10.1. The number of benzene rings is 3. The summed E-state index contributed by atoms with van der Waals surface area (Å²) in [7, 11) is -4.11. The summed E-state index contributed by atoms with van der Waals surface area (Å²) in [6, 6.07) is 19.0. The quantitative estimate of drug-likeness (QED) is 0.310. The third-order valence-corrected chi connectivity index (χ3v) is 9.53. The van der Waals surface area contributed by atoms with E-state index in [9.17, 15) is 18.0 Å². The molecule has 1 saturated carbocycles. The van der Waals surface area contributed by atoms with Gasteiger partial charge in [0, 0.05) is 22.6 Å². The Morgan fingerprint density at radius 2 is 1.62 bits per heavy atom. The van der Waals surface area contributed by atoms with Crippen LogP contribution in [0.15, 0.2) is 77.7 Å². The van der Waals surface area contributed by atoms with E-state index in [1.165, 1.54) is 17.0 Å². The fourth-order valence-electron chi connectivity index (χ4n) is 4.77. The third-order valence-electron chi connectivity index (χ3n) is 7.16. The summed E-state index contributed by atoms with van der Waals surface area (Å²) in [5.74, 6) is -0.836. The van der Waals surface area contributed by atoms with E-state index in [0.29, 0.717) is 21.3 Å². The highest BCUT2D eigenvalue weighted by molar-refractivity contribution is 7.92. The number of para-hydroxylation sites is 1. The topological polar surface area (TPSA) is 86.8 Å². The van der Waals surface area contributed by atoms with Gasteiger partial charge in [-0.05, 0) is 68.7 Å². The number of hydrogen-bond donors (Lipinski definition) is 1. The van der Waals surface area contributed by atoms with Crippen molar-refractivity contribution in [3.05, 3.63) is 94.0 Å².